The van der Waals surface area contributed by atoms with Crippen LogP contribution in [0.1, 0.15) is 18.6 Å². The molecule has 3 rings (SSSR count). The van der Waals surface area contributed by atoms with Crippen LogP contribution in [0.3, 0.4) is 0 Å². The molecule has 1 heterocycles. The predicted molar refractivity (Wildman–Crippen MR) is 81.1 cm³/mol. The molecule has 0 saturated carbocycles. The van der Waals surface area contributed by atoms with E-state index in [-0.39, 0.29) is 19.2 Å². The molecule has 0 fully saturated rings. The van der Waals surface area contributed by atoms with Crippen molar-refractivity contribution in [3.63, 3.8) is 0 Å². The number of hydrogen-bond donors (Lipinski definition) is 1. The average molecular weight is 290 g/mol. The largest absolute Gasteiger partial charge is 0.321 e. The fraction of sp³-hybridized carbons (Fsp3) is 0.0625. The Morgan fingerprint density at radius 1 is 1.15 bits per heavy atom. The van der Waals surface area contributed by atoms with Crippen molar-refractivity contribution in [1.29, 1.82) is 0 Å². The van der Waals surface area contributed by atoms with Gasteiger partial charge in [-0.2, -0.15) is 0 Å². The van der Waals surface area contributed by atoms with Crippen molar-refractivity contribution in [2.24, 2.45) is 0 Å². The maximum absolute atomic E-state index is 13.1. The van der Waals surface area contributed by atoms with Gasteiger partial charge in [-0.25, -0.2) is 4.39 Å². The molecular weight excluding hydrogens is 277 g/mol. The maximum Gasteiger partial charge on any atom is 0.256 e. The lowest BCUT2D eigenvalue weighted by atomic mass is 10.0. The van der Waals surface area contributed by atoms with E-state index in [9.17, 15) is 9.18 Å². The molecule has 102 valence electrons. The van der Waals surface area contributed by atoms with Crippen LogP contribution in [0.25, 0.3) is 11.6 Å². The summed E-state index contributed by atoms with van der Waals surface area (Å²) in [5.41, 5.74) is 2.61. The summed E-state index contributed by atoms with van der Waals surface area (Å²) in [6, 6.07) is 11.3. The van der Waals surface area contributed by atoms with Crippen molar-refractivity contribution in [1.82, 2.24) is 0 Å². The Labute approximate surface area is 121 Å². The lowest BCUT2D eigenvalue weighted by Gasteiger charge is -1.99. The number of carbonyl (C=O) groups is 1. The van der Waals surface area contributed by atoms with Gasteiger partial charge in [-0.3, -0.25) is 4.79 Å². The smallest absolute Gasteiger partial charge is 0.256 e. The van der Waals surface area contributed by atoms with Crippen molar-refractivity contribution < 1.29 is 9.18 Å². The molecule has 2 aromatic rings. The first kappa shape index (κ1) is 14.3. The molecule has 0 atom stereocenters. The molecule has 4 heteroatoms. The fourth-order valence-corrected chi connectivity index (χ4v) is 2.25. The van der Waals surface area contributed by atoms with Gasteiger partial charge in [0.15, 0.2) is 0 Å². The first-order chi connectivity index (χ1) is 9.13. The van der Waals surface area contributed by atoms with Gasteiger partial charge in [0.05, 0.1) is 5.69 Å². The van der Waals surface area contributed by atoms with E-state index in [4.69, 9.17) is 11.6 Å². The zero-order valence-corrected chi connectivity index (χ0v) is 10.5. The molecule has 0 spiro atoms. The standard InChI is InChI=1S/C15H9ClFNO.CH4/c16-10-4-5-12-13(15(19)18-14(12)8-10)7-9-2-1-3-11(17)6-9;/h1-8H,(H,18,19);1H4. The third-order valence-corrected chi connectivity index (χ3v) is 3.16. The van der Waals surface area contributed by atoms with Gasteiger partial charge in [0.1, 0.15) is 5.82 Å². The highest BCUT2D eigenvalue weighted by Crippen LogP contribution is 2.34. The summed E-state index contributed by atoms with van der Waals surface area (Å²) in [5.74, 6) is -0.536. The van der Waals surface area contributed by atoms with Crippen molar-refractivity contribution in [2.45, 2.75) is 7.43 Å². The number of halogens is 2. The van der Waals surface area contributed by atoms with Crippen LogP contribution in [0.4, 0.5) is 10.1 Å². The van der Waals surface area contributed by atoms with E-state index in [0.29, 0.717) is 21.8 Å². The molecular formula is C16H13ClFNO. The molecule has 0 radical (unpaired) electrons. The molecule has 0 aliphatic carbocycles. The highest BCUT2D eigenvalue weighted by atomic mass is 35.5. The molecule has 0 aromatic heterocycles. The Hall–Kier alpha value is -2.13. The first-order valence-corrected chi connectivity index (χ1v) is 6.10. The molecule has 2 aromatic carbocycles. The van der Waals surface area contributed by atoms with Gasteiger partial charge in [-0.15, -0.1) is 0 Å². The molecule has 0 unspecified atom stereocenters. The van der Waals surface area contributed by atoms with Gasteiger partial charge in [-0.05, 0) is 35.9 Å². The Bertz CT molecular complexity index is 709. The van der Waals surface area contributed by atoms with Crippen molar-refractivity contribution in [3.8, 4) is 0 Å². The van der Waals surface area contributed by atoms with Crippen LogP contribution in [0.15, 0.2) is 42.5 Å². The quantitative estimate of drug-likeness (QED) is 0.763. The zero-order valence-electron chi connectivity index (χ0n) is 9.78. The topological polar surface area (TPSA) is 29.1 Å². The molecule has 1 N–H and O–H groups in total. The Balaban J connectivity index is 0.00000147. The van der Waals surface area contributed by atoms with E-state index < -0.39 is 0 Å². The number of nitrogens with one attached hydrogen (secondary N) is 1. The van der Waals surface area contributed by atoms with Crippen LogP contribution >= 0.6 is 11.6 Å². The summed E-state index contributed by atoms with van der Waals surface area (Å²) in [6.07, 6.45) is 1.66. The summed E-state index contributed by atoms with van der Waals surface area (Å²) >= 11 is 5.88. The highest BCUT2D eigenvalue weighted by Gasteiger charge is 2.23. The van der Waals surface area contributed by atoms with Gasteiger partial charge in [0.25, 0.3) is 5.91 Å². The van der Waals surface area contributed by atoms with E-state index in [0.717, 1.165) is 5.56 Å². The average Bonchev–Trinajstić information content (AvgIpc) is 2.65. The van der Waals surface area contributed by atoms with Gasteiger partial charge < -0.3 is 5.32 Å². The maximum atomic E-state index is 13.1. The molecule has 1 aliphatic heterocycles. The summed E-state index contributed by atoms with van der Waals surface area (Å²) in [5, 5.41) is 3.30. The van der Waals surface area contributed by atoms with Gasteiger partial charge >= 0.3 is 0 Å². The third-order valence-electron chi connectivity index (χ3n) is 2.92. The fourth-order valence-electron chi connectivity index (χ4n) is 2.07. The second-order valence-corrected chi connectivity index (χ2v) is 4.69. The molecule has 1 aliphatic rings. The monoisotopic (exact) mass is 289 g/mol. The lowest BCUT2D eigenvalue weighted by Crippen LogP contribution is -2.03. The van der Waals surface area contributed by atoms with Crippen LogP contribution in [-0.4, -0.2) is 5.91 Å². The number of amides is 1. The van der Waals surface area contributed by atoms with Crippen LogP contribution in [0, 0.1) is 5.82 Å². The number of fused-ring (bicyclic) bond motifs is 1. The highest BCUT2D eigenvalue weighted by molar-refractivity contribution is 6.36. The van der Waals surface area contributed by atoms with Gasteiger partial charge in [-0.1, -0.05) is 37.2 Å². The lowest BCUT2D eigenvalue weighted by molar-refractivity contribution is -0.110. The van der Waals surface area contributed by atoms with Gasteiger partial charge in [0.2, 0.25) is 0 Å². The molecule has 0 bridgehead atoms. The minimum atomic E-state index is -0.330. The first-order valence-electron chi connectivity index (χ1n) is 5.72. The normalized spacial score (nSPS) is 14.7. The second-order valence-electron chi connectivity index (χ2n) is 4.26. The third kappa shape index (κ3) is 2.58. The van der Waals surface area contributed by atoms with E-state index in [1.165, 1.54) is 12.1 Å². The molecule has 2 nitrogen and oxygen atoms in total. The Kier molecular flexibility index (Phi) is 3.91. The number of carbonyl (C=O) groups excluding carboxylic acids is 1. The van der Waals surface area contributed by atoms with E-state index in [1.807, 2.05) is 0 Å². The minimum absolute atomic E-state index is 0. The zero-order chi connectivity index (χ0) is 13.4. The molecule has 0 saturated heterocycles. The number of anilines is 1. The summed E-state index contributed by atoms with van der Waals surface area (Å²) in [7, 11) is 0. The van der Waals surface area contributed by atoms with Crippen molar-refractivity contribution in [3.05, 3.63) is 64.4 Å². The Morgan fingerprint density at radius 2 is 1.95 bits per heavy atom. The number of hydrogen-bond acceptors (Lipinski definition) is 1. The van der Waals surface area contributed by atoms with Crippen molar-refractivity contribution in [2.75, 3.05) is 5.32 Å². The van der Waals surface area contributed by atoms with Crippen LogP contribution in [0.2, 0.25) is 5.02 Å². The molecule has 20 heavy (non-hydrogen) atoms. The van der Waals surface area contributed by atoms with E-state index in [1.54, 1.807) is 36.4 Å². The SMILES string of the molecule is C.O=C1Nc2cc(Cl)ccc2C1=Cc1cccc(F)c1. The Morgan fingerprint density at radius 3 is 2.70 bits per heavy atom. The van der Waals surface area contributed by atoms with Crippen LogP contribution < -0.4 is 5.32 Å². The van der Waals surface area contributed by atoms with Gasteiger partial charge in [0, 0.05) is 16.2 Å². The van der Waals surface area contributed by atoms with Crippen molar-refractivity contribution >= 4 is 34.8 Å². The minimum Gasteiger partial charge on any atom is -0.321 e. The van der Waals surface area contributed by atoms with E-state index in [2.05, 4.69) is 5.32 Å². The van der Waals surface area contributed by atoms with Crippen LogP contribution in [-0.2, 0) is 4.79 Å². The van der Waals surface area contributed by atoms with Crippen LogP contribution in [0.5, 0.6) is 0 Å². The number of benzene rings is 2. The summed E-state index contributed by atoms with van der Waals surface area (Å²) in [6.45, 7) is 0. The second kappa shape index (κ2) is 5.47. The predicted octanol–water partition coefficient (Wildman–Crippen LogP) is 4.61. The summed E-state index contributed by atoms with van der Waals surface area (Å²) < 4.78 is 13.1. The summed E-state index contributed by atoms with van der Waals surface area (Å²) in [4.78, 5) is 11.9. The van der Waals surface area contributed by atoms with E-state index >= 15 is 0 Å². The number of rotatable bonds is 1. The molecule has 1 amide bonds.